The number of benzene rings is 1. The van der Waals surface area contributed by atoms with Crippen LogP contribution in [0.25, 0.3) is 0 Å². The maximum atomic E-state index is 11.4. The van der Waals surface area contributed by atoms with Crippen molar-refractivity contribution in [3.05, 3.63) is 29.8 Å². The third-order valence-electron chi connectivity index (χ3n) is 4.32. The van der Waals surface area contributed by atoms with Crippen molar-refractivity contribution >= 4 is 17.6 Å². The second kappa shape index (κ2) is 6.38. The topological polar surface area (TPSA) is 83.6 Å². The summed E-state index contributed by atoms with van der Waals surface area (Å²) in [7, 11) is 0. The van der Waals surface area contributed by atoms with Crippen molar-refractivity contribution in [3.8, 4) is 0 Å². The molecule has 0 saturated carbocycles. The molecule has 0 bridgehead atoms. The van der Waals surface area contributed by atoms with Gasteiger partial charge in [0.1, 0.15) is 0 Å². The van der Waals surface area contributed by atoms with Crippen molar-refractivity contribution in [2.45, 2.75) is 33.1 Å². The quantitative estimate of drug-likeness (QED) is 0.872. The number of carboxylic acids is 1. The van der Waals surface area contributed by atoms with Gasteiger partial charge in [0.2, 0.25) is 5.91 Å². The predicted molar refractivity (Wildman–Crippen MR) is 85.7 cm³/mol. The van der Waals surface area contributed by atoms with Crippen LogP contribution in [0.2, 0.25) is 0 Å². The standard InChI is InChI=1S/C17H24N2O3/c1-17(2,16(21)22)10-12-5-3-7-14(9-12)19-8-4-6-13(11-19)15(18)20/h3,5,7,9,13H,4,6,8,10-11H2,1-2H3,(H2,18,20)(H,21,22)/t13-/m1/s1. The largest absolute Gasteiger partial charge is 0.481 e. The number of hydrogen-bond acceptors (Lipinski definition) is 3. The summed E-state index contributed by atoms with van der Waals surface area (Å²) in [5.74, 6) is -1.15. The number of amides is 1. The van der Waals surface area contributed by atoms with E-state index in [9.17, 15) is 14.7 Å². The molecule has 1 aliphatic rings. The Hall–Kier alpha value is -2.04. The maximum Gasteiger partial charge on any atom is 0.309 e. The molecule has 0 spiro atoms. The number of carbonyl (C=O) groups is 2. The van der Waals surface area contributed by atoms with Gasteiger partial charge in [0.05, 0.1) is 11.3 Å². The van der Waals surface area contributed by atoms with E-state index in [1.54, 1.807) is 13.8 Å². The first kappa shape index (κ1) is 16.3. The van der Waals surface area contributed by atoms with Crippen LogP contribution >= 0.6 is 0 Å². The Balaban J connectivity index is 2.14. The Morgan fingerprint density at radius 1 is 1.41 bits per heavy atom. The Morgan fingerprint density at radius 2 is 2.14 bits per heavy atom. The lowest BCUT2D eigenvalue weighted by Crippen LogP contribution is -2.41. The minimum absolute atomic E-state index is 0.104. The van der Waals surface area contributed by atoms with Crippen LogP contribution in [0.1, 0.15) is 32.3 Å². The van der Waals surface area contributed by atoms with Gasteiger partial charge in [-0.05, 0) is 50.8 Å². The van der Waals surface area contributed by atoms with Crippen LogP contribution < -0.4 is 10.6 Å². The SMILES string of the molecule is CC(C)(Cc1cccc(N2CCC[C@@H](C(N)=O)C2)c1)C(=O)O. The molecule has 5 heteroatoms. The van der Waals surface area contributed by atoms with Crippen LogP contribution in [0.3, 0.4) is 0 Å². The number of hydrogen-bond donors (Lipinski definition) is 2. The fourth-order valence-corrected chi connectivity index (χ4v) is 2.89. The molecule has 22 heavy (non-hydrogen) atoms. The number of rotatable bonds is 5. The highest BCUT2D eigenvalue weighted by atomic mass is 16.4. The van der Waals surface area contributed by atoms with Crippen LogP contribution in [-0.2, 0) is 16.0 Å². The molecule has 0 aliphatic carbocycles. The van der Waals surface area contributed by atoms with Gasteiger partial charge in [0, 0.05) is 18.8 Å². The molecule has 1 atom stereocenters. The zero-order valence-electron chi connectivity index (χ0n) is 13.2. The molecule has 3 N–H and O–H groups in total. The van der Waals surface area contributed by atoms with Gasteiger partial charge < -0.3 is 15.7 Å². The first-order chi connectivity index (χ1) is 10.3. The first-order valence-corrected chi connectivity index (χ1v) is 7.66. The van der Waals surface area contributed by atoms with Gasteiger partial charge in [-0.15, -0.1) is 0 Å². The summed E-state index contributed by atoms with van der Waals surface area (Å²) in [6.45, 7) is 4.99. The molecular weight excluding hydrogens is 280 g/mol. The Morgan fingerprint density at radius 3 is 2.77 bits per heavy atom. The van der Waals surface area contributed by atoms with Crippen molar-refractivity contribution < 1.29 is 14.7 Å². The van der Waals surface area contributed by atoms with E-state index in [4.69, 9.17) is 5.73 Å². The molecule has 0 aromatic heterocycles. The number of anilines is 1. The highest BCUT2D eigenvalue weighted by Gasteiger charge is 2.28. The number of carboxylic acid groups (broad SMARTS) is 1. The minimum atomic E-state index is -0.801. The monoisotopic (exact) mass is 304 g/mol. The fraction of sp³-hybridized carbons (Fsp3) is 0.529. The lowest BCUT2D eigenvalue weighted by molar-refractivity contribution is -0.146. The average molecular weight is 304 g/mol. The minimum Gasteiger partial charge on any atom is -0.481 e. The molecule has 0 unspecified atom stereocenters. The smallest absolute Gasteiger partial charge is 0.309 e. The molecule has 1 aromatic rings. The molecular formula is C17H24N2O3. The van der Waals surface area contributed by atoms with E-state index in [2.05, 4.69) is 4.90 Å². The lowest BCUT2D eigenvalue weighted by atomic mass is 9.86. The number of aliphatic carboxylic acids is 1. The van der Waals surface area contributed by atoms with Crippen molar-refractivity contribution in [2.24, 2.45) is 17.1 Å². The predicted octanol–water partition coefficient (Wildman–Crippen LogP) is 2.04. The van der Waals surface area contributed by atoms with Gasteiger partial charge >= 0.3 is 5.97 Å². The van der Waals surface area contributed by atoms with Gasteiger partial charge in [-0.25, -0.2) is 0 Å². The van der Waals surface area contributed by atoms with E-state index >= 15 is 0 Å². The van der Waals surface area contributed by atoms with Gasteiger partial charge in [-0.2, -0.15) is 0 Å². The van der Waals surface area contributed by atoms with Crippen LogP contribution in [0, 0.1) is 11.3 Å². The van der Waals surface area contributed by atoms with Gasteiger partial charge in [0.15, 0.2) is 0 Å². The van der Waals surface area contributed by atoms with Crippen molar-refractivity contribution in [3.63, 3.8) is 0 Å². The highest BCUT2D eigenvalue weighted by Crippen LogP contribution is 2.27. The summed E-state index contributed by atoms with van der Waals surface area (Å²) < 4.78 is 0. The zero-order chi connectivity index (χ0) is 16.3. The summed E-state index contributed by atoms with van der Waals surface area (Å²) in [6.07, 6.45) is 2.26. The second-order valence-electron chi connectivity index (χ2n) is 6.72. The van der Waals surface area contributed by atoms with E-state index in [1.807, 2.05) is 24.3 Å². The normalized spacial score (nSPS) is 19.0. The molecule has 1 heterocycles. The molecule has 0 radical (unpaired) electrons. The highest BCUT2D eigenvalue weighted by molar-refractivity contribution is 5.77. The molecule has 1 aromatic carbocycles. The van der Waals surface area contributed by atoms with E-state index in [-0.39, 0.29) is 11.8 Å². The second-order valence-corrected chi connectivity index (χ2v) is 6.72. The van der Waals surface area contributed by atoms with Crippen molar-refractivity contribution in [1.82, 2.24) is 0 Å². The van der Waals surface area contributed by atoms with Crippen molar-refractivity contribution in [2.75, 3.05) is 18.0 Å². The summed E-state index contributed by atoms with van der Waals surface area (Å²) >= 11 is 0. The zero-order valence-corrected chi connectivity index (χ0v) is 13.2. The molecule has 1 amide bonds. The van der Waals surface area contributed by atoms with Gasteiger partial charge in [0.25, 0.3) is 0 Å². The summed E-state index contributed by atoms with van der Waals surface area (Å²) in [6, 6.07) is 7.91. The van der Waals surface area contributed by atoms with Crippen LogP contribution in [0.4, 0.5) is 5.69 Å². The van der Waals surface area contributed by atoms with Crippen molar-refractivity contribution in [1.29, 1.82) is 0 Å². The number of primary amides is 1. The Labute approximate surface area is 131 Å². The van der Waals surface area contributed by atoms with Crippen LogP contribution in [0.15, 0.2) is 24.3 Å². The fourth-order valence-electron chi connectivity index (χ4n) is 2.89. The van der Waals surface area contributed by atoms with Gasteiger partial charge in [-0.3, -0.25) is 9.59 Å². The van der Waals surface area contributed by atoms with E-state index in [0.29, 0.717) is 13.0 Å². The third kappa shape index (κ3) is 3.78. The molecule has 120 valence electrons. The number of carbonyl (C=O) groups excluding carboxylic acids is 1. The van der Waals surface area contributed by atoms with Gasteiger partial charge in [-0.1, -0.05) is 12.1 Å². The lowest BCUT2D eigenvalue weighted by Gasteiger charge is -2.33. The summed E-state index contributed by atoms with van der Waals surface area (Å²) in [5.41, 5.74) is 6.65. The molecule has 1 saturated heterocycles. The summed E-state index contributed by atoms with van der Waals surface area (Å²) in [4.78, 5) is 24.8. The third-order valence-corrected chi connectivity index (χ3v) is 4.32. The number of nitrogens with two attached hydrogens (primary N) is 1. The molecule has 1 fully saturated rings. The van der Waals surface area contributed by atoms with E-state index < -0.39 is 11.4 Å². The molecule has 2 rings (SSSR count). The molecule has 5 nitrogen and oxygen atoms in total. The van der Waals surface area contributed by atoms with E-state index in [0.717, 1.165) is 30.6 Å². The Bertz CT molecular complexity index is 569. The summed E-state index contributed by atoms with van der Waals surface area (Å²) in [5, 5.41) is 9.25. The van der Waals surface area contributed by atoms with Crippen LogP contribution in [-0.4, -0.2) is 30.1 Å². The average Bonchev–Trinajstić information content (AvgIpc) is 2.47. The van der Waals surface area contributed by atoms with Crippen LogP contribution in [0.5, 0.6) is 0 Å². The Kier molecular flexibility index (Phi) is 4.74. The van der Waals surface area contributed by atoms with E-state index in [1.165, 1.54) is 0 Å². The maximum absolute atomic E-state index is 11.4. The number of piperidine rings is 1. The first-order valence-electron chi connectivity index (χ1n) is 7.66. The number of nitrogens with zero attached hydrogens (tertiary/aromatic N) is 1. The molecule has 1 aliphatic heterocycles.